The zero-order valence-corrected chi connectivity index (χ0v) is 17.9. The Hall–Kier alpha value is -3.10. The lowest BCUT2D eigenvalue weighted by Crippen LogP contribution is -2.18. The molecule has 1 aliphatic rings. The van der Waals surface area contributed by atoms with E-state index in [1.54, 1.807) is 12.1 Å². The Balaban J connectivity index is 1.59. The summed E-state index contributed by atoms with van der Waals surface area (Å²) >= 11 is 1.19. The number of thiophene rings is 1. The van der Waals surface area contributed by atoms with Crippen molar-refractivity contribution in [3.63, 3.8) is 0 Å². The Morgan fingerprint density at radius 1 is 1.26 bits per heavy atom. The maximum absolute atomic E-state index is 13.3. The lowest BCUT2D eigenvalue weighted by molar-refractivity contribution is -0.111. The predicted octanol–water partition coefficient (Wildman–Crippen LogP) is 4.47. The second-order valence-corrected chi connectivity index (χ2v) is 8.31. The zero-order chi connectivity index (χ0) is 21.8. The summed E-state index contributed by atoms with van der Waals surface area (Å²) in [5.41, 5.74) is 1.86. The van der Waals surface area contributed by atoms with Crippen molar-refractivity contribution < 1.29 is 18.7 Å². The van der Waals surface area contributed by atoms with Gasteiger partial charge in [-0.15, -0.1) is 11.3 Å². The molecule has 6 nitrogen and oxygen atoms in total. The van der Waals surface area contributed by atoms with Crippen LogP contribution in [-0.4, -0.2) is 42.0 Å². The quantitative estimate of drug-likeness (QED) is 0.453. The number of fused-ring (bicyclic) bond motifs is 1. The Kier molecular flexibility index (Phi) is 6.39. The number of benzene rings is 1. The number of nitrogens with zero attached hydrogens (tertiary/aromatic N) is 2. The first kappa shape index (κ1) is 21.1. The van der Waals surface area contributed by atoms with E-state index in [2.05, 4.69) is 10.2 Å². The molecule has 2 aromatic heterocycles. The van der Waals surface area contributed by atoms with Crippen molar-refractivity contribution in [2.24, 2.45) is 0 Å². The first-order chi connectivity index (χ1) is 15.0. The van der Waals surface area contributed by atoms with Crippen LogP contribution in [0.2, 0.25) is 0 Å². The van der Waals surface area contributed by atoms with Crippen LogP contribution in [0.1, 0.15) is 33.8 Å². The molecule has 0 aliphatic carbocycles. The SMILES string of the molecule is COC(=O)c1sc2nc(CN3CCCC3)ccc2c1NC(=O)C=Cc1cccc(F)c1. The lowest BCUT2D eigenvalue weighted by atomic mass is 10.2. The summed E-state index contributed by atoms with van der Waals surface area (Å²) < 4.78 is 18.2. The molecule has 0 radical (unpaired) electrons. The number of halogens is 1. The molecule has 4 rings (SSSR count). The van der Waals surface area contributed by atoms with Crippen molar-refractivity contribution in [1.82, 2.24) is 9.88 Å². The molecule has 1 amide bonds. The van der Waals surface area contributed by atoms with Crippen LogP contribution in [0.4, 0.5) is 10.1 Å². The molecule has 160 valence electrons. The summed E-state index contributed by atoms with van der Waals surface area (Å²) in [5, 5.41) is 3.45. The Labute approximate surface area is 183 Å². The lowest BCUT2D eigenvalue weighted by Gasteiger charge is -2.13. The molecule has 0 bridgehead atoms. The number of hydrogen-bond donors (Lipinski definition) is 1. The summed E-state index contributed by atoms with van der Waals surface area (Å²) in [6.07, 6.45) is 5.21. The first-order valence-corrected chi connectivity index (χ1v) is 10.8. The van der Waals surface area contributed by atoms with Gasteiger partial charge in [0.05, 0.1) is 18.5 Å². The minimum absolute atomic E-state index is 0.288. The average molecular weight is 440 g/mol. The number of amides is 1. The van der Waals surface area contributed by atoms with Crippen LogP contribution in [0.3, 0.4) is 0 Å². The number of rotatable bonds is 6. The summed E-state index contributed by atoms with van der Waals surface area (Å²) in [6.45, 7) is 2.90. The number of esters is 1. The normalized spacial score (nSPS) is 14.4. The molecular formula is C23H22FN3O3S. The number of pyridine rings is 1. The van der Waals surface area contributed by atoms with Crippen molar-refractivity contribution in [3.8, 4) is 0 Å². The molecule has 3 aromatic rings. The zero-order valence-electron chi connectivity index (χ0n) is 17.1. The van der Waals surface area contributed by atoms with E-state index in [1.807, 2.05) is 12.1 Å². The number of hydrogen-bond acceptors (Lipinski definition) is 6. The fraction of sp³-hybridized carbons (Fsp3) is 0.261. The van der Waals surface area contributed by atoms with Crippen molar-refractivity contribution in [2.45, 2.75) is 19.4 Å². The van der Waals surface area contributed by atoms with E-state index in [0.717, 1.165) is 25.3 Å². The molecular weight excluding hydrogens is 417 g/mol. The van der Waals surface area contributed by atoms with E-state index in [1.165, 1.54) is 55.6 Å². The maximum atomic E-state index is 13.3. The molecule has 1 fully saturated rings. The second kappa shape index (κ2) is 9.36. The third kappa shape index (κ3) is 4.98. The van der Waals surface area contributed by atoms with Gasteiger partial charge in [-0.25, -0.2) is 14.2 Å². The van der Waals surface area contributed by atoms with Crippen LogP contribution in [-0.2, 0) is 16.1 Å². The van der Waals surface area contributed by atoms with Crippen molar-refractivity contribution >= 4 is 45.2 Å². The van der Waals surface area contributed by atoms with Crippen molar-refractivity contribution in [3.05, 3.63) is 64.4 Å². The first-order valence-electron chi connectivity index (χ1n) is 10.0. The van der Waals surface area contributed by atoms with Crippen LogP contribution in [0.25, 0.3) is 16.3 Å². The highest BCUT2D eigenvalue weighted by Crippen LogP contribution is 2.35. The molecule has 1 N–H and O–H groups in total. The summed E-state index contributed by atoms with van der Waals surface area (Å²) in [5.74, 6) is -1.35. The van der Waals surface area contributed by atoms with Gasteiger partial charge in [0.25, 0.3) is 0 Å². The highest BCUT2D eigenvalue weighted by molar-refractivity contribution is 7.21. The predicted molar refractivity (Wildman–Crippen MR) is 120 cm³/mol. The van der Waals surface area contributed by atoms with Crippen molar-refractivity contribution in [2.75, 3.05) is 25.5 Å². The molecule has 0 spiro atoms. The summed E-state index contributed by atoms with van der Waals surface area (Å²) in [7, 11) is 1.30. The van der Waals surface area contributed by atoms with Crippen molar-refractivity contribution in [1.29, 1.82) is 0 Å². The average Bonchev–Trinajstić information content (AvgIpc) is 3.40. The summed E-state index contributed by atoms with van der Waals surface area (Å²) in [4.78, 5) is 32.8. The molecule has 0 saturated carbocycles. The molecule has 31 heavy (non-hydrogen) atoms. The van der Waals surface area contributed by atoms with Gasteiger partial charge in [0.1, 0.15) is 15.5 Å². The highest BCUT2D eigenvalue weighted by atomic mass is 32.1. The van der Waals surface area contributed by atoms with Gasteiger partial charge in [-0.1, -0.05) is 12.1 Å². The van der Waals surface area contributed by atoms with Crippen LogP contribution < -0.4 is 5.32 Å². The fourth-order valence-corrected chi connectivity index (χ4v) is 4.65. The smallest absolute Gasteiger partial charge is 0.350 e. The number of anilines is 1. The Morgan fingerprint density at radius 3 is 2.81 bits per heavy atom. The number of ether oxygens (including phenoxy) is 1. The number of likely N-dealkylation sites (tertiary alicyclic amines) is 1. The minimum atomic E-state index is -0.534. The number of carbonyl (C=O) groups excluding carboxylic acids is 2. The molecule has 0 atom stereocenters. The summed E-state index contributed by atoms with van der Waals surface area (Å²) in [6, 6.07) is 9.73. The van der Waals surface area contributed by atoms with Gasteiger partial charge in [-0.3, -0.25) is 9.69 Å². The molecule has 0 unspecified atom stereocenters. The second-order valence-electron chi connectivity index (χ2n) is 7.31. The van der Waals surface area contributed by atoms with Gasteiger partial charge in [0, 0.05) is 18.0 Å². The third-order valence-electron chi connectivity index (χ3n) is 5.09. The van der Waals surface area contributed by atoms with Gasteiger partial charge in [0.2, 0.25) is 5.91 Å². The molecule has 3 heterocycles. The van der Waals surface area contributed by atoms with E-state index in [0.29, 0.717) is 21.5 Å². The Morgan fingerprint density at radius 2 is 2.06 bits per heavy atom. The molecule has 1 saturated heterocycles. The van der Waals surface area contributed by atoms with Gasteiger partial charge < -0.3 is 10.1 Å². The number of carbonyl (C=O) groups is 2. The molecule has 1 aliphatic heterocycles. The minimum Gasteiger partial charge on any atom is -0.465 e. The van der Waals surface area contributed by atoms with Gasteiger partial charge in [0.15, 0.2) is 0 Å². The van der Waals surface area contributed by atoms with Crippen LogP contribution >= 0.6 is 11.3 Å². The maximum Gasteiger partial charge on any atom is 0.350 e. The molecule has 8 heteroatoms. The van der Waals surface area contributed by atoms with Gasteiger partial charge >= 0.3 is 5.97 Å². The molecule has 1 aromatic carbocycles. The monoisotopic (exact) mass is 439 g/mol. The number of nitrogens with one attached hydrogen (secondary N) is 1. The van der Waals surface area contributed by atoms with E-state index in [-0.39, 0.29) is 10.7 Å². The van der Waals surface area contributed by atoms with Gasteiger partial charge in [-0.2, -0.15) is 0 Å². The van der Waals surface area contributed by atoms with Crippen LogP contribution in [0.15, 0.2) is 42.5 Å². The fourth-order valence-electron chi connectivity index (χ4n) is 3.58. The Bertz CT molecular complexity index is 1150. The van der Waals surface area contributed by atoms with Crippen LogP contribution in [0.5, 0.6) is 0 Å². The van der Waals surface area contributed by atoms with E-state index in [4.69, 9.17) is 9.72 Å². The van der Waals surface area contributed by atoms with E-state index >= 15 is 0 Å². The van der Waals surface area contributed by atoms with Gasteiger partial charge in [-0.05, 0) is 61.8 Å². The van der Waals surface area contributed by atoms with Crippen LogP contribution in [0, 0.1) is 5.82 Å². The van der Waals surface area contributed by atoms with E-state index in [9.17, 15) is 14.0 Å². The number of methoxy groups -OCH3 is 1. The number of aromatic nitrogens is 1. The topological polar surface area (TPSA) is 71.5 Å². The largest absolute Gasteiger partial charge is 0.465 e. The van der Waals surface area contributed by atoms with E-state index < -0.39 is 11.9 Å². The highest BCUT2D eigenvalue weighted by Gasteiger charge is 2.22. The standard InChI is InChI=1S/C23H22FN3O3S/c1-30-23(29)21-20(26-19(28)10-7-15-5-4-6-16(24)13-15)18-9-8-17(25-22(18)31-21)14-27-11-2-3-12-27/h4-10,13H,2-3,11-12,14H2,1H3,(H,26,28). The third-order valence-corrected chi connectivity index (χ3v) is 6.17.